The molecule has 104 valence electrons. The van der Waals surface area contributed by atoms with E-state index in [1.165, 1.54) is 11.3 Å². The average molecular weight is 260 g/mol. The van der Waals surface area contributed by atoms with Gasteiger partial charge in [-0.05, 0) is 56.0 Å². The molecule has 2 rings (SSSR count). The molecule has 0 saturated heterocycles. The highest BCUT2D eigenvalue weighted by Gasteiger charge is 2.17. The van der Waals surface area contributed by atoms with Crippen molar-refractivity contribution in [2.75, 3.05) is 18.4 Å². The highest BCUT2D eigenvalue weighted by molar-refractivity contribution is 6.00. The Labute approximate surface area is 115 Å². The lowest BCUT2D eigenvalue weighted by Crippen LogP contribution is -2.36. The van der Waals surface area contributed by atoms with Gasteiger partial charge < -0.3 is 10.6 Å². The third kappa shape index (κ3) is 3.57. The zero-order valence-corrected chi connectivity index (χ0v) is 12.1. The van der Waals surface area contributed by atoms with Crippen molar-refractivity contribution in [3.63, 3.8) is 0 Å². The standard InChI is InChI=1S/C16H24N2O/c1-11(2)10-18-12(3)16(19)14-6-7-15-13(9-14)5-4-8-17-15/h6-7,9,11-12,17-18H,4-5,8,10H2,1-3H3. The van der Waals surface area contributed by atoms with E-state index in [2.05, 4.69) is 30.5 Å². The van der Waals surface area contributed by atoms with Crippen molar-refractivity contribution < 1.29 is 4.79 Å². The van der Waals surface area contributed by atoms with Gasteiger partial charge in [0, 0.05) is 17.8 Å². The fourth-order valence-corrected chi connectivity index (χ4v) is 2.38. The minimum Gasteiger partial charge on any atom is -0.385 e. The minimum atomic E-state index is -0.114. The molecule has 0 aromatic heterocycles. The number of hydrogen-bond donors (Lipinski definition) is 2. The van der Waals surface area contributed by atoms with Gasteiger partial charge in [0.1, 0.15) is 0 Å². The summed E-state index contributed by atoms with van der Waals surface area (Å²) >= 11 is 0. The van der Waals surface area contributed by atoms with Gasteiger partial charge in [-0.25, -0.2) is 0 Å². The molecule has 1 unspecified atom stereocenters. The quantitative estimate of drug-likeness (QED) is 0.800. The predicted octanol–water partition coefficient (Wildman–Crippen LogP) is 2.86. The topological polar surface area (TPSA) is 41.1 Å². The van der Waals surface area contributed by atoms with Gasteiger partial charge in [-0.2, -0.15) is 0 Å². The monoisotopic (exact) mass is 260 g/mol. The summed E-state index contributed by atoms with van der Waals surface area (Å²) in [5, 5.41) is 6.67. The Morgan fingerprint density at radius 3 is 2.89 bits per heavy atom. The van der Waals surface area contributed by atoms with Gasteiger partial charge in [0.2, 0.25) is 0 Å². The van der Waals surface area contributed by atoms with Crippen molar-refractivity contribution in [1.29, 1.82) is 0 Å². The Bertz CT molecular complexity index is 454. The summed E-state index contributed by atoms with van der Waals surface area (Å²) in [6.45, 7) is 8.15. The first-order valence-corrected chi connectivity index (χ1v) is 7.22. The van der Waals surface area contributed by atoms with Crippen LogP contribution >= 0.6 is 0 Å². The van der Waals surface area contributed by atoms with Gasteiger partial charge in [0.05, 0.1) is 6.04 Å². The zero-order valence-electron chi connectivity index (χ0n) is 12.1. The molecule has 1 aliphatic heterocycles. The fraction of sp³-hybridized carbons (Fsp3) is 0.562. The summed E-state index contributed by atoms with van der Waals surface area (Å²) < 4.78 is 0. The molecule has 2 N–H and O–H groups in total. The summed E-state index contributed by atoms with van der Waals surface area (Å²) in [7, 11) is 0. The Morgan fingerprint density at radius 1 is 1.37 bits per heavy atom. The smallest absolute Gasteiger partial charge is 0.179 e. The molecular weight excluding hydrogens is 236 g/mol. The molecule has 0 fully saturated rings. The number of Topliss-reactive ketones (excluding diaryl/α,β-unsaturated/α-hetero) is 1. The molecule has 0 bridgehead atoms. The number of hydrogen-bond acceptors (Lipinski definition) is 3. The van der Waals surface area contributed by atoms with Crippen LogP contribution in [-0.4, -0.2) is 24.9 Å². The van der Waals surface area contributed by atoms with Crippen molar-refractivity contribution in [2.45, 2.75) is 39.7 Å². The maximum absolute atomic E-state index is 12.4. The van der Waals surface area contributed by atoms with Crippen molar-refractivity contribution >= 4 is 11.5 Å². The lowest BCUT2D eigenvalue weighted by atomic mass is 9.97. The molecule has 19 heavy (non-hydrogen) atoms. The first-order chi connectivity index (χ1) is 9.08. The van der Waals surface area contributed by atoms with E-state index in [-0.39, 0.29) is 11.8 Å². The van der Waals surface area contributed by atoms with Crippen molar-refractivity contribution in [3.05, 3.63) is 29.3 Å². The lowest BCUT2D eigenvalue weighted by molar-refractivity contribution is 0.0949. The molecule has 1 heterocycles. The van der Waals surface area contributed by atoms with Crippen LogP contribution in [0.1, 0.15) is 43.1 Å². The normalized spacial score (nSPS) is 15.8. The highest BCUT2D eigenvalue weighted by Crippen LogP contribution is 2.23. The fourth-order valence-electron chi connectivity index (χ4n) is 2.38. The highest BCUT2D eigenvalue weighted by atomic mass is 16.1. The third-order valence-corrected chi connectivity index (χ3v) is 3.55. The largest absolute Gasteiger partial charge is 0.385 e. The summed E-state index contributed by atoms with van der Waals surface area (Å²) in [6, 6.07) is 5.92. The van der Waals surface area contributed by atoms with E-state index in [9.17, 15) is 4.79 Å². The summed E-state index contributed by atoms with van der Waals surface area (Å²) in [6.07, 6.45) is 2.21. The van der Waals surface area contributed by atoms with Crippen LogP contribution in [0.15, 0.2) is 18.2 Å². The van der Waals surface area contributed by atoms with Crippen molar-refractivity contribution in [1.82, 2.24) is 5.32 Å². The molecule has 1 aromatic carbocycles. The molecule has 0 saturated carbocycles. The van der Waals surface area contributed by atoms with Gasteiger partial charge in [0.25, 0.3) is 0 Å². The Hall–Kier alpha value is -1.35. The molecular formula is C16H24N2O. The Balaban J connectivity index is 2.06. The van der Waals surface area contributed by atoms with Crippen LogP contribution in [0.25, 0.3) is 0 Å². The Kier molecular flexibility index (Phi) is 4.59. The minimum absolute atomic E-state index is 0.114. The van der Waals surface area contributed by atoms with Gasteiger partial charge >= 0.3 is 0 Å². The first-order valence-electron chi connectivity index (χ1n) is 7.22. The average Bonchev–Trinajstić information content (AvgIpc) is 2.43. The SMILES string of the molecule is CC(C)CNC(C)C(=O)c1ccc2c(c1)CCCN2. The third-order valence-electron chi connectivity index (χ3n) is 3.55. The van der Waals surface area contributed by atoms with Crippen LogP contribution in [0, 0.1) is 5.92 Å². The number of aryl methyl sites for hydroxylation is 1. The number of anilines is 1. The molecule has 3 heteroatoms. The number of rotatable bonds is 5. The second kappa shape index (κ2) is 6.20. The molecule has 0 amide bonds. The van der Waals surface area contributed by atoms with Crippen LogP contribution in [0.2, 0.25) is 0 Å². The van der Waals surface area contributed by atoms with Gasteiger partial charge in [-0.1, -0.05) is 13.8 Å². The second-order valence-electron chi connectivity index (χ2n) is 5.79. The maximum atomic E-state index is 12.4. The van der Waals surface area contributed by atoms with E-state index in [4.69, 9.17) is 0 Å². The number of carbonyl (C=O) groups excluding carboxylic acids is 1. The van der Waals surface area contributed by atoms with Crippen LogP contribution in [0.3, 0.4) is 0 Å². The van der Waals surface area contributed by atoms with Crippen molar-refractivity contribution in [2.24, 2.45) is 5.92 Å². The van der Waals surface area contributed by atoms with Crippen LogP contribution < -0.4 is 10.6 Å². The van der Waals surface area contributed by atoms with Crippen LogP contribution in [0.5, 0.6) is 0 Å². The maximum Gasteiger partial charge on any atom is 0.179 e. The van der Waals surface area contributed by atoms with E-state index in [0.29, 0.717) is 5.92 Å². The number of carbonyl (C=O) groups is 1. The van der Waals surface area contributed by atoms with E-state index in [0.717, 1.165) is 31.5 Å². The molecule has 0 aliphatic carbocycles. The molecule has 1 aliphatic rings. The summed E-state index contributed by atoms with van der Waals surface area (Å²) in [5.41, 5.74) is 3.28. The molecule has 1 atom stereocenters. The van der Waals surface area contributed by atoms with Gasteiger partial charge in [-0.3, -0.25) is 4.79 Å². The van der Waals surface area contributed by atoms with E-state index >= 15 is 0 Å². The molecule has 0 spiro atoms. The lowest BCUT2D eigenvalue weighted by Gasteiger charge is -2.20. The number of ketones is 1. The number of fused-ring (bicyclic) bond motifs is 1. The van der Waals surface area contributed by atoms with E-state index in [1.807, 2.05) is 19.1 Å². The van der Waals surface area contributed by atoms with Crippen molar-refractivity contribution in [3.8, 4) is 0 Å². The zero-order chi connectivity index (χ0) is 13.8. The van der Waals surface area contributed by atoms with E-state index < -0.39 is 0 Å². The van der Waals surface area contributed by atoms with E-state index in [1.54, 1.807) is 0 Å². The predicted molar refractivity (Wildman–Crippen MR) is 79.9 cm³/mol. The summed E-state index contributed by atoms with van der Waals surface area (Å²) in [5.74, 6) is 0.747. The second-order valence-corrected chi connectivity index (χ2v) is 5.79. The van der Waals surface area contributed by atoms with Crippen LogP contribution in [-0.2, 0) is 6.42 Å². The number of benzene rings is 1. The van der Waals surface area contributed by atoms with Gasteiger partial charge in [-0.15, -0.1) is 0 Å². The molecule has 3 nitrogen and oxygen atoms in total. The summed E-state index contributed by atoms with van der Waals surface area (Å²) in [4.78, 5) is 12.4. The van der Waals surface area contributed by atoms with Gasteiger partial charge in [0.15, 0.2) is 5.78 Å². The molecule has 0 radical (unpaired) electrons. The number of nitrogens with one attached hydrogen (secondary N) is 2. The van der Waals surface area contributed by atoms with Crippen LogP contribution in [0.4, 0.5) is 5.69 Å². The first kappa shape index (κ1) is 14.1. The Morgan fingerprint density at radius 2 is 2.16 bits per heavy atom. The molecule has 1 aromatic rings.